The number of nitrogen functional groups attached to an aromatic ring is 1. The lowest BCUT2D eigenvalue weighted by Gasteiger charge is -2.21. The first kappa shape index (κ1) is 9.86. The van der Waals surface area contributed by atoms with Crippen LogP contribution in [0.5, 0.6) is 0 Å². The number of ether oxygens (including phenoxy) is 1. The van der Waals surface area contributed by atoms with E-state index in [1.54, 1.807) is 0 Å². The smallest absolute Gasteiger partial charge is 0.203 e. The average molecular weight is 213 g/mol. The summed E-state index contributed by atoms with van der Waals surface area (Å²) >= 11 is 1.48. The standard InChI is InChI=1S/C9H15N3OS/c10-9-12-11-8(14-9)5-4-7-3-1-2-6-13-7/h7H,1-6H2,(H2,10,12). The quantitative estimate of drug-likeness (QED) is 0.828. The number of nitrogens with two attached hydrogens (primary N) is 1. The van der Waals surface area contributed by atoms with Crippen LogP contribution in [0.3, 0.4) is 0 Å². The molecule has 1 atom stereocenters. The molecule has 2 N–H and O–H groups in total. The zero-order valence-electron chi connectivity index (χ0n) is 8.11. The van der Waals surface area contributed by atoms with E-state index in [0.29, 0.717) is 11.2 Å². The highest BCUT2D eigenvalue weighted by atomic mass is 32.1. The van der Waals surface area contributed by atoms with E-state index in [4.69, 9.17) is 10.5 Å². The predicted molar refractivity (Wildman–Crippen MR) is 56.2 cm³/mol. The van der Waals surface area contributed by atoms with Gasteiger partial charge in [0.1, 0.15) is 5.01 Å². The Kier molecular flexibility index (Phi) is 3.31. The fraction of sp³-hybridized carbons (Fsp3) is 0.778. The number of hydrogen-bond acceptors (Lipinski definition) is 5. The van der Waals surface area contributed by atoms with Gasteiger partial charge < -0.3 is 10.5 Å². The molecule has 1 aliphatic rings. The van der Waals surface area contributed by atoms with Crippen LogP contribution in [0.15, 0.2) is 0 Å². The van der Waals surface area contributed by atoms with Crippen molar-refractivity contribution in [2.75, 3.05) is 12.3 Å². The second-order valence-corrected chi connectivity index (χ2v) is 4.65. The van der Waals surface area contributed by atoms with Crippen molar-refractivity contribution in [1.29, 1.82) is 0 Å². The Morgan fingerprint density at radius 2 is 2.36 bits per heavy atom. The second kappa shape index (κ2) is 4.70. The van der Waals surface area contributed by atoms with Gasteiger partial charge in [-0.3, -0.25) is 0 Å². The maximum absolute atomic E-state index is 5.63. The van der Waals surface area contributed by atoms with Crippen LogP contribution >= 0.6 is 11.3 Å². The highest BCUT2D eigenvalue weighted by Crippen LogP contribution is 2.19. The Morgan fingerprint density at radius 3 is 3.00 bits per heavy atom. The third-order valence-corrected chi connectivity index (χ3v) is 3.25. The van der Waals surface area contributed by atoms with Gasteiger partial charge in [-0.1, -0.05) is 11.3 Å². The molecule has 2 heterocycles. The first-order valence-electron chi connectivity index (χ1n) is 5.04. The molecule has 1 unspecified atom stereocenters. The minimum atomic E-state index is 0.425. The van der Waals surface area contributed by atoms with Crippen LogP contribution in [-0.2, 0) is 11.2 Å². The SMILES string of the molecule is Nc1nnc(CCC2CCCCO2)s1. The number of hydrogen-bond donors (Lipinski definition) is 1. The average Bonchev–Trinajstić information content (AvgIpc) is 2.63. The molecule has 78 valence electrons. The molecule has 0 spiro atoms. The molecule has 0 aromatic carbocycles. The lowest BCUT2D eigenvalue weighted by molar-refractivity contribution is 0.0115. The molecule has 1 aromatic heterocycles. The van der Waals surface area contributed by atoms with Gasteiger partial charge in [0.05, 0.1) is 6.10 Å². The Labute approximate surface area is 87.5 Å². The zero-order valence-corrected chi connectivity index (χ0v) is 8.92. The summed E-state index contributed by atoms with van der Waals surface area (Å²) in [6, 6.07) is 0. The van der Waals surface area contributed by atoms with Gasteiger partial charge in [0.15, 0.2) is 0 Å². The van der Waals surface area contributed by atoms with Gasteiger partial charge in [-0.15, -0.1) is 10.2 Å². The maximum Gasteiger partial charge on any atom is 0.203 e. The summed E-state index contributed by atoms with van der Waals surface area (Å²) in [5.74, 6) is 0. The predicted octanol–water partition coefficient (Wildman–Crippen LogP) is 1.62. The number of aryl methyl sites for hydroxylation is 1. The van der Waals surface area contributed by atoms with Gasteiger partial charge in [-0.25, -0.2) is 0 Å². The molecule has 14 heavy (non-hydrogen) atoms. The third kappa shape index (κ3) is 2.65. The van der Waals surface area contributed by atoms with Crippen molar-refractivity contribution < 1.29 is 4.74 Å². The molecule has 0 amide bonds. The van der Waals surface area contributed by atoms with E-state index >= 15 is 0 Å². The lowest BCUT2D eigenvalue weighted by Crippen LogP contribution is -2.19. The molecule has 0 radical (unpaired) electrons. The van der Waals surface area contributed by atoms with E-state index in [0.717, 1.165) is 24.5 Å². The Morgan fingerprint density at radius 1 is 1.43 bits per heavy atom. The molecule has 0 saturated carbocycles. The van der Waals surface area contributed by atoms with Crippen LogP contribution in [0, 0.1) is 0 Å². The van der Waals surface area contributed by atoms with Gasteiger partial charge in [-0.2, -0.15) is 0 Å². The number of nitrogens with zero attached hydrogens (tertiary/aromatic N) is 2. The van der Waals surface area contributed by atoms with Crippen LogP contribution in [-0.4, -0.2) is 22.9 Å². The number of aromatic nitrogens is 2. The minimum Gasteiger partial charge on any atom is -0.378 e. The molecule has 1 aromatic rings. The van der Waals surface area contributed by atoms with Gasteiger partial charge in [0.25, 0.3) is 0 Å². The van der Waals surface area contributed by atoms with Crippen molar-refractivity contribution in [3.63, 3.8) is 0 Å². The summed E-state index contributed by atoms with van der Waals surface area (Å²) in [5, 5.41) is 9.36. The van der Waals surface area contributed by atoms with Crippen molar-refractivity contribution >= 4 is 16.5 Å². The van der Waals surface area contributed by atoms with Gasteiger partial charge in [-0.05, 0) is 25.7 Å². The fourth-order valence-corrected chi connectivity index (χ4v) is 2.31. The highest BCUT2D eigenvalue weighted by Gasteiger charge is 2.14. The summed E-state index contributed by atoms with van der Waals surface area (Å²) < 4.78 is 5.63. The van der Waals surface area contributed by atoms with E-state index in [-0.39, 0.29) is 0 Å². The topological polar surface area (TPSA) is 61.0 Å². The third-order valence-electron chi connectivity index (χ3n) is 2.44. The molecule has 1 fully saturated rings. The molecule has 1 saturated heterocycles. The second-order valence-electron chi connectivity index (χ2n) is 3.56. The first-order chi connectivity index (χ1) is 6.84. The van der Waals surface area contributed by atoms with Crippen molar-refractivity contribution in [2.24, 2.45) is 0 Å². The van der Waals surface area contributed by atoms with Crippen LogP contribution in [0.2, 0.25) is 0 Å². The summed E-state index contributed by atoms with van der Waals surface area (Å²) in [4.78, 5) is 0. The fourth-order valence-electron chi connectivity index (χ4n) is 1.69. The van der Waals surface area contributed by atoms with Crippen molar-refractivity contribution in [3.05, 3.63) is 5.01 Å². The molecular weight excluding hydrogens is 198 g/mol. The largest absolute Gasteiger partial charge is 0.378 e. The van der Waals surface area contributed by atoms with Crippen LogP contribution < -0.4 is 5.73 Å². The molecule has 2 rings (SSSR count). The van der Waals surface area contributed by atoms with Crippen LogP contribution in [0.25, 0.3) is 0 Å². The van der Waals surface area contributed by atoms with Crippen LogP contribution in [0.1, 0.15) is 30.7 Å². The summed E-state index contributed by atoms with van der Waals surface area (Å²) in [7, 11) is 0. The van der Waals surface area contributed by atoms with E-state index in [1.165, 1.54) is 30.6 Å². The molecular formula is C9H15N3OS. The van der Waals surface area contributed by atoms with E-state index < -0.39 is 0 Å². The Bertz CT molecular complexity index is 283. The van der Waals surface area contributed by atoms with E-state index in [9.17, 15) is 0 Å². The molecule has 5 heteroatoms. The summed E-state index contributed by atoms with van der Waals surface area (Å²) in [6.07, 6.45) is 6.11. The Hall–Kier alpha value is -0.680. The Balaban J connectivity index is 1.76. The zero-order chi connectivity index (χ0) is 9.80. The van der Waals surface area contributed by atoms with Crippen molar-refractivity contribution in [3.8, 4) is 0 Å². The first-order valence-corrected chi connectivity index (χ1v) is 5.86. The molecule has 0 aliphatic carbocycles. The van der Waals surface area contributed by atoms with E-state index in [1.807, 2.05) is 0 Å². The number of anilines is 1. The van der Waals surface area contributed by atoms with Crippen LogP contribution in [0.4, 0.5) is 5.13 Å². The highest BCUT2D eigenvalue weighted by molar-refractivity contribution is 7.15. The van der Waals surface area contributed by atoms with E-state index in [2.05, 4.69) is 10.2 Å². The van der Waals surface area contributed by atoms with Crippen molar-refractivity contribution in [1.82, 2.24) is 10.2 Å². The number of rotatable bonds is 3. The summed E-state index contributed by atoms with van der Waals surface area (Å²) in [5.41, 5.74) is 5.50. The maximum atomic E-state index is 5.63. The van der Waals surface area contributed by atoms with Gasteiger partial charge in [0.2, 0.25) is 5.13 Å². The van der Waals surface area contributed by atoms with Gasteiger partial charge >= 0.3 is 0 Å². The molecule has 4 nitrogen and oxygen atoms in total. The molecule has 1 aliphatic heterocycles. The summed E-state index contributed by atoms with van der Waals surface area (Å²) in [6.45, 7) is 0.920. The normalized spacial score (nSPS) is 22.4. The minimum absolute atomic E-state index is 0.425. The van der Waals surface area contributed by atoms with Crippen molar-refractivity contribution in [2.45, 2.75) is 38.2 Å². The molecule has 0 bridgehead atoms. The lowest BCUT2D eigenvalue weighted by atomic mass is 10.1. The monoisotopic (exact) mass is 213 g/mol. The van der Waals surface area contributed by atoms with Gasteiger partial charge in [0, 0.05) is 13.0 Å².